The maximum absolute atomic E-state index is 12.2. The number of imide groups is 1. The van der Waals surface area contributed by atoms with E-state index in [1.54, 1.807) is 3.33 Å². The topological polar surface area (TPSA) is 59.1 Å². The van der Waals surface area contributed by atoms with Gasteiger partial charge in [-0.3, -0.25) is 0 Å². The second-order valence-corrected chi connectivity index (χ2v) is 16.0. The quantitative estimate of drug-likeness (QED) is 0.801. The standard InChI is InChI=1S/C18H13N2O2S.In/c21-17-16(23-18(22)20-17)12-14(13-6-2-1-3-7-13)9-10-15-8-4-5-11-19-15;/h1-6,8,11-12,16H,10H2,(H,20,21,22);. The Morgan fingerprint density at radius 3 is 2.67 bits per heavy atom. The fourth-order valence-electron chi connectivity index (χ4n) is 4.25. The number of nitrogens with zero attached hydrogens (tertiary/aromatic N) is 1. The molecule has 1 aromatic carbocycles. The Bertz CT molecular complexity index is 912. The van der Waals surface area contributed by atoms with Crippen molar-refractivity contribution in [3.8, 4) is 0 Å². The molecule has 1 N–H and O–H groups in total. The molecule has 4 nitrogen and oxygen atoms in total. The Labute approximate surface area is 151 Å². The van der Waals surface area contributed by atoms with Crippen LogP contribution in [-0.2, 0) is 11.2 Å². The van der Waals surface area contributed by atoms with Crippen LogP contribution in [0.4, 0.5) is 4.79 Å². The monoisotopic (exact) mass is 436 g/mol. The normalized spacial score (nSPS) is 24.1. The van der Waals surface area contributed by atoms with Gasteiger partial charge in [-0.25, -0.2) is 0 Å². The van der Waals surface area contributed by atoms with E-state index in [0.29, 0.717) is 3.67 Å². The van der Waals surface area contributed by atoms with Crippen molar-refractivity contribution in [2.45, 2.75) is 15.3 Å². The van der Waals surface area contributed by atoms with Crippen LogP contribution in [0.3, 0.4) is 0 Å². The zero-order valence-electron chi connectivity index (χ0n) is 12.7. The Morgan fingerprint density at radius 1 is 1.12 bits per heavy atom. The molecule has 1 fully saturated rings. The molecule has 2 amide bonds. The van der Waals surface area contributed by atoms with Crippen LogP contribution < -0.4 is 8.64 Å². The summed E-state index contributed by atoms with van der Waals surface area (Å²) in [7, 11) is 0. The van der Waals surface area contributed by atoms with E-state index in [1.807, 2.05) is 18.3 Å². The SMILES string of the molecule is O=C1NC(=O)C([CH]2C3=[C](Cc4ccccn4)[In]2[c]2ccccc23)S1. The third kappa shape index (κ3) is 2.05. The van der Waals surface area contributed by atoms with Gasteiger partial charge in [-0.2, -0.15) is 0 Å². The van der Waals surface area contributed by atoms with Crippen LogP contribution in [0.2, 0.25) is 3.67 Å². The van der Waals surface area contributed by atoms with E-state index in [4.69, 9.17) is 0 Å². The molecule has 4 aliphatic rings. The molecule has 0 spiro atoms. The first kappa shape index (κ1) is 14.8. The number of amides is 2. The van der Waals surface area contributed by atoms with E-state index in [0.717, 1.165) is 12.1 Å². The van der Waals surface area contributed by atoms with Gasteiger partial charge in [0.1, 0.15) is 0 Å². The molecule has 1 saturated heterocycles. The molecule has 2 aromatic rings. The second kappa shape index (κ2) is 5.49. The fourth-order valence-corrected chi connectivity index (χ4v) is 18.7. The molecule has 0 saturated carbocycles. The Kier molecular flexibility index (Phi) is 3.38. The number of aromatic nitrogens is 1. The molecule has 24 heavy (non-hydrogen) atoms. The third-order valence-corrected chi connectivity index (χ3v) is 18.1. The first-order valence-corrected chi connectivity index (χ1v) is 14.1. The molecule has 2 bridgehead atoms. The first-order valence-electron chi connectivity index (χ1n) is 7.97. The van der Waals surface area contributed by atoms with E-state index in [9.17, 15) is 9.59 Å². The molecule has 0 aliphatic carbocycles. The number of carbonyl (C=O) groups is 2. The number of carbonyl (C=O) groups excluding carboxylic acids is 2. The van der Waals surface area contributed by atoms with Gasteiger partial charge in [0.05, 0.1) is 0 Å². The summed E-state index contributed by atoms with van der Waals surface area (Å²) in [5, 5.41) is 2.05. The predicted octanol–water partition coefficient (Wildman–Crippen LogP) is 2.07. The molecule has 4 aliphatic heterocycles. The van der Waals surface area contributed by atoms with Gasteiger partial charge in [0.2, 0.25) is 0 Å². The summed E-state index contributed by atoms with van der Waals surface area (Å²) >= 11 is -1.07. The molecule has 1 aromatic heterocycles. The third-order valence-electron chi connectivity index (χ3n) is 5.14. The summed E-state index contributed by atoms with van der Waals surface area (Å²) in [6.07, 6.45) is 2.73. The number of pyridine rings is 1. The van der Waals surface area contributed by atoms with Gasteiger partial charge in [0, 0.05) is 0 Å². The van der Waals surface area contributed by atoms with Crippen LogP contribution in [0.25, 0.3) is 5.57 Å². The van der Waals surface area contributed by atoms with Crippen molar-refractivity contribution in [3.05, 3.63) is 63.2 Å². The van der Waals surface area contributed by atoms with Gasteiger partial charge in [0.25, 0.3) is 0 Å². The fraction of sp³-hybridized carbons (Fsp3) is 0.167. The molecule has 2 atom stereocenters. The number of rotatable bonds is 3. The molecule has 6 heteroatoms. The van der Waals surface area contributed by atoms with Crippen LogP contribution in [0, 0.1) is 0 Å². The molecule has 5 heterocycles. The minimum atomic E-state index is -2.26. The molecule has 116 valence electrons. The van der Waals surface area contributed by atoms with Gasteiger partial charge in [-0.1, -0.05) is 0 Å². The summed E-state index contributed by atoms with van der Waals surface area (Å²) in [6, 6.07) is 14.6. The number of hydrogen-bond acceptors (Lipinski definition) is 4. The van der Waals surface area contributed by atoms with Crippen molar-refractivity contribution in [2.24, 2.45) is 0 Å². The van der Waals surface area contributed by atoms with Crippen LogP contribution >= 0.6 is 11.8 Å². The van der Waals surface area contributed by atoms with Crippen LogP contribution in [0.1, 0.15) is 11.3 Å². The average molecular weight is 436 g/mol. The predicted molar refractivity (Wildman–Crippen MR) is 95.4 cm³/mol. The summed E-state index contributed by atoms with van der Waals surface area (Å²) in [5.41, 5.74) is 3.78. The summed E-state index contributed by atoms with van der Waals surface area (Å²) < 4.78 is 3.38. The van der Waals surface area contributed by atoms with Gasteiger partial charge in [0.15, 0.2) is 0 Å². The van der Waals surface area contributed by atoms with Crippen molar-refractivity contribution < 1.29 is 9.59 Å². The molecular weight excluding hydrogens is 423 g/mol. The number of hydrogen-bond donors (Lipinski definition) is 1. The zero-order valence-corrected chi connectivity index (χ0v) is 16.8. The number of benzene rings is 1. The van der Waals surface area contributed by atoms with E-state index in [-0.39, 0.29) is 16.4 Å². The van der Waals surface area contributed by atoms with Crippen molar-refractivity contribution in [1.82, 2.24) is 10.3 Å². The van der Waals surface area contributed by atoms with Gasteiger partial charge >= 0.3 is 152 Å². The maximum atomic E-state index is 12.2. The molecule has 6 rings (SSSR count). The van der Waals surface area contributed by atoms with Crippen molar-refractivity contribution in [3.63, 3.8) is 0 Å². The summed E-state index contributed by atoms with van der Waals surface area (Å²) in [6.45, 7) is 0. The van der Waals surface area contributed by atoms with Gasteiger partial charge in [-0.05, 0) is 0 Å². The Morgan fingerprint density at radius 2 is 1.96 bits per heavy atom. The first-order chi connectivity index (χ1) is 11.7. The van der Waals surface area contributed by atoms with E-state index in [1.165, 1.54) is 26.2 Å². The Hall–Kier alpha value is -1.53. The van der Waals surface area contributed by atoms with Gasteiger partial charge in [-0.15, -0.1) is 0 Å². The second-order valence-electron chi connectivity index (χ2n) is 6.34. The van der Waals surface area contributed by atoms with E-state index >= 15 is 0 Å². The van der Waals surface area contributed by atoms with Crippen LogP contribution in [0.15, 0.2) is 52.0 Å². The summed E-state index contributed by atoms with van der Waals surface area (Å²) in [4.78, 5) is 28.3. The molecule has 0 radical (unpaired) electrons. The van der Waals surface area contributed by atoms with Gasteiger partial charge < -0.3 is 0 Å². The van der Waals surface area contributed by atoms with Crippen molar-refractivity contribution >= 4 is 53.2 Å². The van der Waals surface area contributed by atoms with Crippen molar-refractivity contribution in [2.75, 3.05) is 0 Å². The van der Waals surface area contributed by atoms with Crippen molar-refractivity contribution in [1.29, 1.82) is 0 Å². The summed E-state index contributed by atoms with van der Waals surface area (Å²) in [5.74, 6) is -0.0982. The number of thioether (sulfide) groups is 1. The zero-order chi connectivity index (χ0) is 16.3. The molecule has 2 unspecified atom stereocenters. The van der Waals surface area contributed by atoms with E-state index in [2.05, 4.69) is 40.6 Å². The average Bonchev–Trinajstić information content (AvgIpc) is 3.20. The van der Waals surface area contributed by atoms with Crippen LogP contribution in [0.5, 0.6) is 0 Å². The van der Waals surface area contributed by atoms with Crippen LogP contribution in [-0.4, -0.2) is 42.8 Å². The Balaban J connectivity index is 1.55. The molecular formula is C18H13InN2O2S. The minimum absolute atomic E-state index is 0.0982. The number of nitrogens with one attached hydrogen (secondary N) is 1. The number of allylic oxidation sites excluding steroid dienone is 2. The van der Waals surface area contributed by atoms with E-state index < -0.39 is 21.4 Å².